The van der Waals surface area contributed by atoms with Crippen LogP contribution in [0.2, 0.25) is 5.02 Å². The number of nitrogens with one attached hydrogen (secondary N) is 3. The number of hydrogen-bond acceptors (Lipinski definition) is 6. The molecule has 0 atom stereocenters. The van der Waals surface area contributed by atoms with Crippen molar-refractivity contribution in [2.45, 2.75) is 12.4 Å². The number of carbonyl (C=O) groups is 2. The van der Waals surface area contributed by atoms with E-state index in [9.17, 15) is 45.4 Å². The number of fused-ring (bicyclic) bond motifs is 1. The topological polar surface area (TPSA) is 116 Å². The maximum absolute atomic E-state index is 13.5. The van der Waals surface area contributed by atoms with Crippen LogP contribution in [0.3, 0.4) is 0 Å². The number of pyridine rings is 1. The summed E-state index contributed by atoms with van der Waals surface area (Å²) in [6, 6.07) is 7.92. The number of furan rings is 1. The number of aromatic carboxylic acids is 1. The molecule has 8 nitrogen and oxygen atoms in total. The van der Waals surface area contributed by atoms with Gasteiger partial charge in [0.15, 0.2) is 0 Å². The van der Waals surface area contributed by atoms with Gasteiger partial charge >= 0.3 is 18.3 Å². The third kappa shape index (κ3) is 6.67. The first-order chi connectivity index (χ1) is 19.6. The molecule has 0 aliphatic heterocycles. The lowest BCUT2D eigenvalue weighted by Crippen LogP contribution is -2.23. The summed E-state index contributed by atoms with van der Waals surface area (Å²) in [4.78, 5) is 29.0. The molecule has 0 unspecified atom stereocenters. The second-order valence-corrected chi connectivity index (χ2v) is 9.16. The number of amides is 1. The predicted octanol–water partition coefficient (Wildman–Crippen LogP) is 6.96. The van der Waals surface area contributed by atoms with E-state index in [1.54, 1.807) is 0 Å². The SMILES string of the molecule is CNC(=O)c1c(-c2ccc(F)cc2)oc2nc(NCC(F)(F)F)c(-c3cc(Cl)c(NCC(F)(F)F)c(C(=O)O)c3)cc12. The van der Waals surface area contributed by atoms with Gasteiger partial charge in [-0.3, -0.25) is 4.79 Å². The Morgan fingerprint density at radius 2 is 1.57 bits per heavy atom. The standard InChI is InChI=1S/C26H18ClF7N4O4/c1-35-22(39)18-15-8-14(12-6-16(24(40)41)19(17(27)7-12)36-9-25(29,30)31)21(37-10-26(32,33)34)38-23(15)42-20(18)11-2-4-13(28)5-3-11/h2-8,36H,9-10H2,1H3,(H,35,39)(H,37,38)(H,40,41). The van der Waals surface area contributed by atoms with E-state index in [-0.39, 0.29) is 39.1 Å². The number of aromatic nitrogens is 1. The minimum atomic E-state index is -4.72. The smallest absolute Gasteiger partial charge is 0.405 e. The molecule has 4 rings (SSSR count). The normalized spacial score (nSPS) is 11.9. The van der Waals surface area contributed by atoms with Gasteiger partial charge in [-0.15, -0.1) is 0 Å². The van der Waals surface area contributed by atoms with Crippen molar-refractivity contribution in [1.82, 2.24) is 10.3 Å². The molecule has 2 aromatic heterocycles. The second-order valence-electron chi connectivity index (χ2n) is 8.75. The number of hydrogen-bond donors (Lipinski definition) is 4. The fraction of sp³-hybridized carbons (Fsp3) is 0.192. The fourth-order valence-electron chi connectivity index (χ4n) is 4.02. The first-order valence-electron chi connectivity index (χ1n) is 11.7. The number of alkyl halides is 6. The maximum atomic E-state index is 13.5. The molecule has 42 heavy (non-hydrogen) atoms. The molecule has 222 valence electrons. The van der Waals surface area contributed by atoms with E-state index >= 15 is 0 Å². The number of carboxylic acid groups (broad SMARTS) is 1. The van der Waals surface area contributed by atoms with E-state index in [0.717, 1.165) is 24.3 Å². The Hall–Kier alpha value is -4.53. The summed E-state index contributed by atoms with van der Waals surface area (Å²) >= 11 is 6.15. The number of anilines is 2. The van der Waals surface area contributed by atoms with Crippen LogP contribution in [0.4, 0.5) is 42.2 Å². The van der Waals surface area contributed by atoms with Gasteiger partial charge in [0, 0.05) is 18.2 Å². The van der Waals surface area contributed by atoms with Crippen LogP contribution < -0.4 is 16.0 Å². The molecule has 0 saturated carbocycles. The highest BCUT2D eigenvalue weighted by Gasteiger charge is 2.31. The fourth-order valence-corrected chi connectivity index (χ4v) is 4.30. The lowest BCUT2D eigenvalue weighted by molar-refractivity contribution is -0.116. The third-order valence-electron chi connectivity index (χ3n) is 5.80. The Morgan fingerprint density at radius 1 is 0.952 bits per heavy atom. The average molecular weight is 619 g/mol. The zero-order valence-corrected chi connectivity index (χ0v) is 21.9. The van der Waals surface area contributed by atoms with Crippen LogP contribution in [0.15, 0.2) is 46.9 Å². The van der Waals surface area contributed by atoms with Gasteiger partial charge in [0.1, 0.15) is 30.5 Å². The van der Waals surface area contributed by atoms with Gasteiger partial charge in [0.2, 0.25) is 5.71 Å². The van der Waals surface area contributed by atoms with Crippen molar-refractivity contribution in [1.29, 1.82) is 0 Å². The minimum absolute atomic E-state index is 0.0199. The third-order valence-corrected chi connectivity index (χ3v) is 6.09. The van der Waals surface area contributed by atoms with Crippen LogP contribution in [0.1, 0.15) is 20.7 Å². The highest BCUT2D eigenvalue weighted by atomic mass is 35.5. The summed E-state index contributed by atoms with van der Waals surface area (Å²) in [6.45, 7) is -3.20. The highest BCUT2D eigenvalue weighted by Crippen LogP contribution is 2.41. The van der Waals surface area contributed by atoms with Crippen LogP contribution >= 0.6 is 11.6 Å². The van der Waals surface area contributed by atoms with Gasteiger partial charge in [0.25, 0.3) is 5.91 Å². The van der Waals surface area contributed by atoms with Crippen molar-refractivity contribution in [2.24, 2.45) is 0 Å². The summed E-state index contributed by atoms with van der Waals surface area (Å²) < 4.78 is 97.0. The molecular weight excluding hydrogens is 601 g/mol. The summed E-state index contributed by atoms with van der Waals surface area (Å²) in [6.07, 6.45) is -9.44. The Bertz CT molecular complexity index is 1670. The molecule has 1 amide bonds. The van der Waals surface area contributed by atoms with Gasteiger partial charge in [0.05, 0.1) is 27.2 Å². The van der Waals surface area contributed by atoms with Crippen LogP contribution in [0.25, 0.3) is 33.6 Å². The number of nitrogens with zero attached hydrogens (tertiary/aromatic N) is 1. The lowest BCUT2D eigenvalue weighted by atomic mass is 9.99. The summed E-state index contributed by atoms with van der Waals surface area (Å²) in [5.74, 6) is -3.53. The monoisotopic (exact) mass is 618 g/mol. The van der Waals surface area contributed by atoms with Crippen LogP contribution in [-0.2, 0) is 0 Å². The summed E-state index contributed by atoms with van der Waals surface area (Å²) in [7, 11) is 1.30. The lowest BCUT2D eigenvalue weighted by Gasteiger charge is -2.17. The molecule has 0 fully saturated rings. The average Bonchev–Trinajstić information content (AvgIpc) is 3.27. The van der Waals surface area contributed by atoms with Gasteiger partial charge in [-0.2, -0.15) is 31.3 Å². The quantitative estimate of drug-likeness (QED) is 0.158. The number of carboxylic acids is 1. The van der Waals surface area contributed by atoms with Crippen molar-refractivity contribution in [3.05, 3.63) is 64.4 Å². The Morgan fingerprint density at radius 3 is 2.14 bits per heavy atom. The van der Waals surface area contributed by atoms with Crippen molar-refractivity contribution < 1.29 is 49.8 Å². The molecule has 4 aromatic rings. The van der Waals surface area contributed by atoms with E-state index in [4.69, 9.17) is 16.0 Å². The molecule has 2 aromatic carbocycles. The molecule has 0 aliphatic carbocycles. The molecule has 16 heteroatoms. The zero-order chi connectivity index (χ0) is 31.0. The van der Waals surface area contributed by atoms with Crippen LogP contribution in [0, 0.1) is 5.82 Å². The van der Waals surface area contributed by atoms with Crippen LogP contribution in [0.5, 0.6) is 0 Å². The van der Waals surface area contributed by atoms with E-state index in [1.165, 1.54) is 25.2 Å². The molecule has 0 spiro atoms. The van der Waals surface area contributed by atoms with E-state index in [1.807, 2.05) is 5.32 Å². The van der Waals surface area contributed by atoms with Gasteiger partial charge < -0.3 is 25.5 Å². The van der Waals surface area contributed by atoms with Crippen LogP contribution in [-0.4, -0.2) is 54.5 Å². The molecule has 0 saturated heterocycles. The number of carbonyl (C=O) groups excluding carboxylic acids is 1. The highest BCUT2D eigenvalue weighted by molar-refractivity contribution is 6.34. The van der Waals surface area contributed by atoms with E-state index in [2.05, 4.69) is 15.6 Å². The Balaban J connectivity index is 1.98. The minimum Gasteiger partial charge on any atom is -0.478 e. The number of rotatable bonds is 8. The van der Waals surface area contributed by atoms with Gasteiger partial charge in [-0.25, -0.2) is 9.18 Å². The molecule has 0 radical (unpaired) electrons. The number of benzene rings is 2. The van der Waals surface area contributed by atoms with Gasteiger partial charge in [-0.05, 0) is 48.0 Å². The zero-order valence-electron chi connectivity index (χ0n) is 21.1. The summed E-state index contributed by atoms with van der Waals surface area (Å²) in [5, 5.41) is 15.6. The Kier molecular flexibility index (Phi) is 8.25. The molecule has 0 bridgehead atoms. The number of halogens is 8. The van der Waals surface area contributed by atoms with Crippen molar-refractivity contribution in [2.75, 3.05) is 30.8 Å². The molecule has 4 N–H and O–H groups in total. The molecule has 0 aliphatic rings. The largest absolute Gasteiger partial charge is 0.478 e. The molecular formula is C26H18ClF7N4O4. The first kappa shape index (κ1) is 30.4. The van der Waals surface area contributed by atoms with E-state index in [0.29, 0.717) is 0 Å². The molecule has 2 heterocycles. The summed E-state index contributed by atoms with van der Waals surface area (Å²) in [5.41, 5.74) is -1.81. The maximum Gasteiger partial charge on any atom is 0.405 e. The second kappa shape index (κ2) is 11.4. The van der Waals surface area contributed by atoms with Crippen molar-refractivity contribution >= 4 is 46.1 Å². The van der Waals surface area contributed by atoms with Gasteiger partial charge in [-0.1, -0.05) is 11.6 Å². The predicted molar refractivity (Wildman–Crippen MR) is 139 cm³/mol. The van der Waals surface area contributed by atoms with Crippen molar-refractivity contribution in [3.8, 4) is 22.5 Å². The van der Waals surface area contributed by atoms with E-state index < -0.39 is 65.2 Å². The van der Waals surface area contributed by atoms with Crippen molar-refractivity contribution in [3.63, 3.8) is 0 Å². The Labute approximate surface area is 236 Å². The first-order valence-corrected chi connectivity index (χ1v) is 12.1.